The molecule has 2 rings (SSSR count). The molecule has 0 aromatic heterocycles. The van der Waals surface area contributed by atoms with Crippen LogP contribution in [0.25, 0.3) is 0 Å². The maximum atomic E-state index is 12.3. The van der Waals surface area contributed by atoms with Gasteiger partial charge in [-0.2, -0.15) is 0 Å². The fraction of sp³-hybridized carbons (Fsp3) is 0.263. The lowest BCUT2D eigenvalue weighted by Crippen LogP contribution is -2.87. The van der Waals surface area contributed by atoms with E-state index in [-0.39, 0.29) is 30.9 Å². The number of amides is 2. The molecule has 0 aliphatic rings. The normalized spacial score (nSPS) is 11.7. The molecular formula is C19H22Cl2N3O2+. The van der Waals surface area contributed by atoms with Crippen LogP contribution in [0.2, 0.25) is 10.0 Å². The van der Waals surface area contributed by atoms with Crippen molar-refractivity contribution >= 4 is 40.7 Å². The topological polar surface area (TPSA) is 66.0 Å². The SMILES string of the molecule is C[C@@H]([NH2+]CC(=O)N(C)CC(=O)Nc1c(Cl)cccc1Cl)c1ccccc1. The zero-order valence-corrected chi connectivity index (χ0v) is 16.2. The van der Waals surface area contributed by atoms with E-state index in [4.69, 9.17) is 23.2 Å². The second-order valence-corrected chi connectivity index (χ2v) is 6.85. The highest BCUT2D eigenvalue weighted by molar-refractivity contribution is 6.39. The van der Waals surface area contributed by atoms with Crippen molar-refractivity contribution in [3.8, 4) is 0 Å². The summed E-state index contributed by atoms with van der Waals surface area (Å²) in [5.74, 6) is -0.486. The molecule has 1 atom stereocenters. The van der Waals surface area contributed by atoms with Gasteiger partial charge in [-0.1, -0.05) is 59.6 Å². The second-order valence-electron chi connectivity index (χ2n) is 6.03. The molecule has 0 unspecified atom stereocenters. The average Bonchev–Trinajstić information content (AvgIpc) is 2.63. The van der Waals surface area contributed by atoms with E-state index in [1.54, 1.807) is 25.2 Å². The maximum Gasteiger partial charge on any atom is 0.277 e. The summed E-state index contributed by atoms with van der Waals surface area (Å²) in [4.78, 5) is 25.8. The number of anilines is 1. The van der Waals surface area contributed by atoms with Gasteiger partial charge < -0.3 is 15.5 Å². The number of halogens is 2. The van der Waals surface area contributed by atoms with Crippen LogP contribution in [-0.2, 0) is 9.59 Å². The first-order chi connectivity index (χ1) is 12.4. The Morgan fingerprint density at radius 3 is 2.31 bits per heavy atom. The van der Waals surface area contributed by atoms with Gasteiger partial charge in [0.05, 0.1) is 22.3 Å². The Balaban J connectivity index is 1.83. The van der Waals surface area contributed by atoms with Crippen molar-refractivity contribution in [1.82, 2.24) is 4.90 Å². The summed E-state index contributed by atoms with van der Waals surface area (Å²) in [5, 5.41) is 5.29. The second kappa shape index (κ2) is 9.57. The van der Waals surface area contributed by atoms with Gasteiger partial charge in [-0.15, -0.1) is 0 Å². The van der Waals surface area contributed by atoms with Crippen molar-refractivity contribution in [2.45, 2.75) is 13.0 Å². The van der Waals surface area contributed by atoms with E-state index >= 15 is 0 Å². The Hall–Kier alpha value is -2.08. The molecule has 5 nitrogen and oxygen atoms in total. The van der Waals surface area contributed by atoms with Crippen molar-refractivity contribution < 1.29 is 14.9 Å². The van der Waals surface area contributed by atoms with Crippen molar-refractivity contribution in [2.75, 3.05) is 25.5 Å². The Morgan fingerprint density at radius 1 is 1.08 bits per heavy atom. The third-order valence-electron chi connectivity index (χ3n) is 4.01. The van der Waals surface area contributed by atoms with Gasteiger partial charge in [-0.05, 0) is 19.1 Å². The fourth-order valence-corrected chi connectivity index (χ4v) is 2.92. The van der Waals surface area contributed by atoms with Gasteiger partial charge in [0.25, 0.3) is 5.91 Å². The summed E-state index contributed by atoms with van der Waals surface area (Å²) in [7, 11) is 1.59. The summed E-state index contributed by atoms with van der Waals surface area (Å²) in [5.41, 5.74) is 1.50. The predicted octanol–water partition coefficient (Wildman–Crippen LogP) is 2.71. The molecule has 0 bridgehead atoms. The van der Waals surface area contributed by atoms with Gasteiger partial charge in [0.2, 0.25) is 5.91 Å². The summed E-state index contributed by atoms with van der Waals surface area (Å²) >= 11 is 12.1. The molecule has 0 aliphatic carbocycles. The third kappa shape index (κ3) is 5.73. The first-order valence-corrected chi connectivity index (χ1v) is 9.00. The number of rotatable bonds is 7. The largest absolute Gasteiger partial charge is 0.333 e. The fourth-order valence-electron chi connectivity index (χ4n) is 2.43. The van der Waals surface area contributed by atoms with Crippen LogP contribution in [0, 0.1) is 0 Å². The molecule has 2 amide bonds. The van der Waals surface area contributed by atoms with E-state index in [1.807, 2.05) is 42.6 Å². The van der Waals surface area contributed by atoms with Crippen molar-refractivity contribution in [3.05, 3.63) is 64.1 Å². The maximum absolute atomic E-state index is 12.3. The molecular weight excluding hydrogens is 373 g/mol. The molecule has 0 radical (unpaired) electrons. The highest BCUT2D eigenvalue weighted by Crippen LogP contribution is 2.29. The zero-order valence-electron chi connectivity index (χ0n) is 14.7. The van der Waals surface area contributed by atoms with Crippen LogP contribution in [0.1, 0.15) is 18.5 Å². The molecule has 3 N–H and O–H groups in total. The van der Waals surface area contributed by atoms with Gasteiger partial charge >= 0.3 is 0 Å². The highest BCUT2D eigenvalue weighted by atomic mass is 35.5. The molecule has 0 aliphatic heterocycles. The lowest BCUT2D eigenvalue weighted by molar-refractivity contribution is -0.683. The predicted molar refractivity (Wildman–Crippen MR) is 104 cm³/mol. The number of hydrogen-bond acceptors (Lipinski definition) is 2. The third-order valence-corrected chi connectivity index (χ3v) is 4.64. The van der Waals surface area contributed by atoms with Crippen molar-refractivity contribution in [3.63, 3.8) is 0 Å². The number of likely N-dealkylation sites (N-methyl/N-ethyl adjacent to an activating group) is 1. The van der Waals surface area contributed by atoms with Gasteiger partial charge in [0.15, 0.2) is 6.54 Å². The first kappa shape index (κ1) is 20.2. The molecule has 2 aromatic rings. The summed E-state index contributed by atoms with van der Waals surface area (Å²) in [6, 6.07) is 15.1. The molecule has 0 fully saturated rings. The van der Waals surface area contributed by atoms with Crippen LogP contribution < -0.4 is 10.6 Å². The summed E-state index contributed by atoms with van der Waals surface area (Å²) in [6.45, 7) is 2.22. The average molecular weight is 395 g/mol. The number of hydrogen-bond donors (Lipinski definition) is 2. The first-order valence-electron chi connectivity index (χ1n) is 8.24. The Labute approximate surface area is 163 Å². The molecule has 26 heavy (non-hydrogen) atoms. The van der Waals surface area contributed by atoms with Crippen molar-refractivity contribution in [2.24, 2.45) is 0 Å². The summed E-state index contributed by atoms with van der Waals surface area (Å²) < 4.78 is 0. The molecule has 0 spiro atoms. The van der Waals surface area contributed by atoms with E-state index in [0.717, 1.165) is 5.56 Å². The van der Waals surface area contributed by atoms with Gasteiger partial charge in [-0.3, -0.25) is 9.59 Å². The smallest absolute Gasteiger partial charge is 0.277 e. The molecule has 2 aromatic carbocycles. The van der Waals surface area contributed by atoms with E-state index in [9.17, 15) is 9.59 Å². The van der Waals surface area contributed by atoms with Crippen LogP contribution in [0.4, 0.5) is 5.69 Å². The van der Waals surface area contributed by atoms with Gasteiger partial charge in [0, 0.05) is 12.6 Å². The number of nitrogens with zero attached hydrogens (tertiary/aromatic N) is 1. The van der Waals surface area contributed by atoms with E-state index in [1.165, 1.54) is 4.90 Å². The number of benzene rings is 2. The monoisotopic (exact) mass is 394 g/mol. The van der Waals surface area contributed by atoms with E-state index in [0.29, 0.717) is 15.7 Å². The minimum Gasteiger partial charge on any atom is -0.333 e. The highest BCUT2D eigenvalue weighted by Gasteiger charge is 2.18. The standard InChI is InChI=1S/C19H21Cl2N3O2/c1-13(14-7-4-3-5-8-14)22-11-18(26)24(2)12-17(25)23-19-15(20)9-6-10-16(19)21/h3-10,13,22H,11-12H2,1-2H3,(H,23,25)/p+1/t13-/m1/s1. The quantitative estimate of drug-likeness (QED) is 0.757. The Kier molecular flexibility index (Phi) is 7.45. The van der Waals surface area contributed by atoms with Gasteiger partial charge in [-0.25, -0.2) is 0 Å². The Morgan fingerprint density at radius 2 is 1.69 bits per heavy atom. The van der Waals surface area contributed by atoms with Crippen molar-refractivity contribution in [1.29, 1.82) is 0 Å². The number of nitrogens with two attached hydrogens (primary N) is 1. The minimum absolute atomic E-state index is 0.0755. The lowest BCUT2D eigenvalue weighted by Gasteiger charge is -2.18. The molecule has 0 saturated carbocycles. The van der Waals surface area contributed by atoms with E-state index in [2.05, 4.69) is 5.32 Å². The molecule has 0 saturated heterocycles. The number of nitrogens with one attached hydrogen (secondary N) is 1. The number of carbonyl (C=O) groups excluding carboxylic acids is 2. The van der Waals surface area contributed by atoms with Crippen LogP contribution >= 0.6 is 23.2 Å². The van der Waals surface area contributed by atoms with Crippen LogP contribution in [0.5, 0.6) is 0 Å². The summed E-state index contributed by atoms with van der Waals surface area (Å²) in [6.07, 6.45) is 0. The Bertz CT molecular complexity index is 748. The van der Waals surface area contributed by atoms with Crippen LogP contribution in [0.3, 0.4) is 0 Å². The number of carbonyl (C=O) groups is 2. The molecule has 138 valence electrons. The number of quaternary nitrogens is 1. The van der Waals surface area contributed by atoms with Gasteiger partial charge in [0.1, 0.15) is 6.04 Å². The van der Waals surface area contributed by atoms with Crippen LogP contribution in [0.15, 0.2) is 48.5 Å². The zero-order chi connectivity index (χ0) is 19.1. The van der Waals surface area contributed by atoms with Crippen LogP contribution in [-0.4, -0.2) is 36.9 Å². The lowest BCUT2D eigenvalue weighted by atomic mass is 10.1. The molecule has 7 heteroatoms. The number of para-hydroxylation sites is 1. The molecule has 0 heterocycles. The minimum atomic E-state index is -0.355. The van der Waals surface area contributed by atoms with E-state index < -0.39 is 0 Å².